The van der Waals surface area contributed by atoms with Gasteiger partial charge in [-0.25, -0.2) is 8.42 Å². The summed E-state index contributed by atoms with van der Waals surface area (Å²) < 4.78 is 25.3. The average Bonchev–Trinajstić information content (AvgIpc) is 2.16. The first-order chi connectivity index (χ1) is 7.37. The minimum absolute atomic E-state index is 0.108. The molecule has 0 saturated carbocycles. The van der Waals surface area contributed by atoms with Crippen LogP contribution in [0.15, 0.2) is 0 Å². The molecule has 0 aromatic heterocycles. The van der Waals surface area contributed by atoms with Gasteiger partial charge in [0, 0.05) is 19.6 Å². The summed E-state index contributed by atoms with van der Waals surface area (Å²) in [7, 11) is -3.22. The number of aliphatic hydroxyl groups is 1. The maximum Gasteiger partial charge on any atom is 0.215 e. The number of piperidine rings is 1. The molecule has 1 saturated heterocycles. The lowest BCUT2D eigenvalue weighted by molar-refractivity contribution is 0.00942. The summed E-state index contributed by atoms with van der Waals surface area (Å²) >= 11 is 0. The van der Waals surface area contributed by atoms with Gasteiger partial charge in [-0.05, 0) is 26.3 Å². The zero-order chi connectivity index (χ0) is 12.2. The van der Waals surface area contributed by atoms with Gasteiger partial charge >= 0.3 is 0 Å². The quantitative estimate of drug-likeness (QED) is 0.662. The van der Waals surface area contributed by atoms with E-state index >= 15 is 0 Å². The lowest BCUT2D eigenvalue weighted by Gasteiger charge is -2.35. The first-order valence-electron chi connectivity index (χ1n) is 5.78. The minimum atomic E-state index is -3.22. The van der Waals surface area contributed by atoms with Gasteiger partial charge in [0.15, 0.2) is 0 Å². The second-order valence-corrected chi connectivity index (χ2v) is 6.69. The topological polar surface area (TPSA) is 69.6 Å². The van der Waals surface area contributed by atoms with E-state index in [9.17, 15) is 13.5 Å². The van der Waals surface area contributed by atoms with Crippen LogP contribution >= 0.6 is 0 Å². The van der Waals surface area contributed by atoms with Crippen molar-refractivity contribution in [3.05, 3.63) is 0 Å². The highest BCUT2D eigenvalue weighted by Crippen LogP contribution is 2.22. The molecular weight excluding hydrogens is 228 g/mol. The van der Waals surface area contributed by atoms with Gasteiger partial charge in [0.1, 0.15) is 0 Å². The van der Waals surface area contributed by atoms with Crippen LogP contribution in [0.5, 0.6) is 0 Å². The molecule has 0 aliphatic carbocycles. The molecule has 96 valence electrons. The monoisotopic (exact) mass is 250 g/mol. The molecule has 0 aromatic rings. The Kier molecular flexibility index (Phi) is 4.73. The summed E-state index contributed by atoms with van der Waals surface area (Å²) in [6, 6.07) is 0. The summed E-state index contributed by atoms with van der Waals surface area (Å²) in [6.07, 6.45) is 1.40. The van der Waals surface area contributed by atoms with Crippen LogP contribution in [0, 0.1) is 0 Å². The van der Waals surface area contributed by atoms with Gasteiger partial charge in [0.05, 0.1) is 11.4 Å². The van der Waals surface area contributed by atoms with Crippen molar-refractivity contribution >= 4 is 10.0 Å². The highest BCUT2D eigenvalue weighted by atomic mass is 32.2. The Morgan fingerprint density at radius 3 is 2.75 bits per heavy atom. The molecule has 6 heteroatoms. The van der Waals surface area contributed by atoms with E-state index in [0.717, 1.165) is 13.0 Å². The fourth-order valence-corrected chi connectivity index (χ4v) is 3.46. The molecule has 0 radical (unpaired) electrons. The van der Waals surface area contributed by atoms with Crippen LogP contribution in [0.3, 0.4) is 0 Å². The molecule has 0 bridgehead atoms. The smallest absolute Gasteiger partial charge is 0.215 e. The Hall–Kier alpha value is -0.170. The predicted molar refractivity (Wildman–Crippen MR) is 63.8 cm³/mol. The van der Waals surface area contributed by atoms with Crippen LogP contribution in [0.25, 0.3) is 0 Å². The molecule has 1 heterocycles. The van der Waals surface area contributed by atoms with Crippen molar-refractivity contribution in [2.24, 2.45) is 0 Å². The fourth-order valence-electron chi connectivity index (χ4n) is 1.92. The molecule has 0 aromatic carbocycles. The van der Waals surface area contributed by atoms with Gasteiger partial charge in [-0.1, -0.05) is 6.92 Å². The van der Waals surface area contributed by atoms with E-state index < -0.39 is 15.6 Å². The van der Waals surface area contributed by atoms with E-state index in [0.29, 0.717) is 19.5 Å². The van der Waals surface area contributed by atoms with Gasteiger partial charge in [-0.2, -0.15) is 4.31 Å². The Morgan fingerprint density at radius 2 is 2.19 bits per heavy atom. The maximum absolute atomic E-state index is 11.9. The fraction of sp³-hybridized carbons (Fsp3) is 1.00. The number of hydrogen-bond donors (Lipinski definition) is 2. The Labute approximate surface area is 97.9 Å². The standard InChI is InChI=1S/C10H22N2O3S/c1-3-11-6-8-16(14,15)12-7-4-5-10(2,13)9-12/h11,13H,3-9H2,1-2H3. The Balaban J connectivity index is 2.54. The van der Waals surface area contributed by atoms with Crippen molar-refractivity contribution < 1.29 is 13.5 Å². The van der Waals surface area contributed by atoms with E-state index in [4.69, 9.17) is 0 Å². The number of sulfonamides is 1. The minimum Gasteiger partial charge on any atom is -0.389 e. The van der Waals surface area contributed by atoms with Crippen molar-refractivity contribution in [3.8, 4) is 0 Å². The summed E-state index contributed by atoms with van der Waals surface area (Å²) in [6.45, 7) is 5.63. The van der Waals surface area contributed by atoms with Gasteiger partial charge < -0.3 is 10.4 Å². The average molecular weight is 250 g/mol. The van der Waals surface area contributed by atoms with Gasteiger partial charge in [0.25, 0.3) is 0 Å². The molecule has 2 N–H and O–H groups in total. The third-order valence-corrected chi connectivity index (χ3v) is 4.64. The summed E-state index contributed by atoms with van der Waals surface area (Å²) in [5.41, 5.74) is -0.872. The number of hydrogen-bond acceptors (Lipinski definition) is 4. The molecular formula is C10H22N2O3S. The molecule has 1 atom stereocenters. The molecule has 16 heavy (non-hydrogen) atoms. The SMILES string of the molecule is CCNCCS(=O)(=O)N1CCCC(C)(O)C1. The lowest BCUT2D eigenvalue weighted by Crippen LogP contribution is -2.49. The highest BCUT2D eigenvalue weighted by Gasteiger charge is 2.34. The number of rotatable bonds is 5. The largest absolute Gasteiger partial charge is 0.389 e. The van der Waals surface area contributed by atoms with E-state index in [-0.39, 0.29) is 12.3 Å². The van der Waals surface area contributed by atoms with Gasteiger partial charge in [0.2, 0.25) is 10.0 Å². The molecule has 1 aliphatic rings. The predicted octanol–water partition coefficient (Wildman–Crippen LogP) is -0.227. The normalized spacial score (nSPS) is 28.2. The number of nitrogens with zero attached hydrogens (tertiary/aromatic N) is 1. The van der Waals surface area contributed by atoms with Crippen LogP contribution in [0.2, 0.25) is 0 Å². The first-order valence-corrected chi connectivity index (χ1v) is 7.39. The molecule has 0 spiro atoms. The van der Waals surface area contributed by atoms with Crippen molar-refractivity contribution in [3.63, 3.8) is 0 Å². The zero-order valence-electron chi connectivity index (χ0n) is 10.1. The van der Waals surface area contributed by atoms with Crippen molar-refractivity contribution in [2.45, 2.75) is 32.3 Å². The second kappa shape index (κ2) is 5.44. The van der Waals surface area contributed by atoms with Crippen LogP contribution < -0.4 is 5.32 Å². The maximum atomic E-state index is 11.9. The van der Waals surface area contributed by atoms with Crippen molar-refractivity contribution in [2.75, 3.05) is 31.9 Å². The van der Waals surface area contributed by atoms with E-state index in [1.807, 2.05) is 6.92 Å². The van der Waals surface area contributed by atoms with Gasteiger partial charge in [-0.15, -0.1) is 0 Å². The van der Waals surface area contributed by atoms with Crippen LogP contribution in [0.1, 0.15) is 26.7 Å². The second-order valence-electron chi connectivity index (χ2n) is 4.60. The third kappa shape index (κ3) is 4.01. The van der Waals surface area contributed by atoms with Crippen LogP contribution in [-0.2, 0) is 10.0 Å². The lowest BCUT2D eigenvalue weighted by atomic mass is 9.97. The molecule has 0 amide bonds. The zero-order valence-corrected chi connectivity index (χ0v) is 10.9. The van der Waals surface area contributed by atoms with E-state index in [2.05, 4.69) is 5.32 Å². The Morgan fingerprint density at radius 1 is 1.50 bits per heavy atom. The van der Waals surface area contributed by atoms with E-state index in [1.165, 1.54) is 4.31 Å². The summed E-state index contributed by atoms with van der Waals surface area (Å²) in [5, 5.41) is 12.9. The first kappa shape index (κ1) is 13.9. The number of nitrogens with one attached hydrogen (secondary N) is 1. The number of β-amino-alcohol motifs (C(OH)–C–C–N with tert-alkyl or cyclic N) is 1. The van der Waals surface area contributed by atoms with E-state index in [1.54, 1.807) is 6.92 Å². The molecule has 1 unspecified atom stereocenters. The Bertz CT molecular complexity index is 314. The molecule has 1 fully saturated rings. The van der Waals surface area contributed by atoms with Crippen molar-refractivity contribution in [1.29, 1.82) is 0 Å². The van der Waals surface area contributed by atoms with Gasteiger partial charge in [-0.3, -0.25) is 0 Å². The van der Waals surface area contributed by atoms with Crippen molar-refractivity contribution in [1.82, 2.24) is 9.62 Å². The third-order valence-electron chi connectivity index (χ3n) is 2.82. The molecule has 1 aliphatic heterocycles. The molecule has 5 nitrogen and oxygen atoms in total. The molecule has 1 rings (SSSR count). The summed E-state index contributed by atoms with van der Waals surface area (Å²) in [4.78, 5) is 0. The highest BCUT2D eigenvalue weighted by molar-refractivity contribution is 7.89. The van der Waals surface area contributed by atoms with Crippen LogP contribution in [0.4, 0.5) is 0 Å². The van der Waals surface area contributed by atoms with Crippen LogP contribution in [-0.4, -0.2) is 55.4 Å². The summed E-state index contributed by atoms with van der Waals surface area (Å²) in [5.74, 6) is 0.108.